The van der Waals surface area contributed by atoms with Crippen molar-refractivity contribution in [1.82, 2.24) is 5.32 Å². The molecule has 1 fully saturated rings. The summed E-state index contributed by atoms with van der Waals surface area (Å²) in [6, 6.07) is 7.71. The lowest BCUT2D eigenvalue weighted by atomic mass is 9.80. The average molecular weight is 249 g/mol. The minimum Gasteiger partial charge on any atom is -0.307 e. The molecule has 2 heteroatoms. The molecule has 1 aromatic rings. The summed E-state index contributed by atoms with van der Waals surface area (Å²) in [7, 11) is 0. The summed E-state index contributed by atoms with van der Waals surface area (Å²) in [5.74, 6) is 1.45. The molecule has 1 aromatic carbocycles. The van der Waals surface area contributed by atoms with Crippen molar-refractivity contribution in [2.24, 2.45) is 11.8 Å². The molecule has 1 N–H and O–H groups in total. The van der Waals surface area contributed by atoms with E-state index in [9.17, 15) is 4.39 Å². The first-order valence-electron chi connectivity index (χ1n) is 7.06. The molecule has 1 aliphatic rings. The van der Waals surface area contributed by atoms with E-state index in [1.807, 2.05) is 6.07 Å². The standard InChI is InChI=1S/C16H24FN/c1-11-7-12(2)9-16(8-11)18-13(3)14-5-4-6-15(17)10-14/h4-6,10-13,16,18H,7-9H2,1-3H3/t11?,12?,13-,16?/m1/s1. The normalized spacial score (nSPS) is 30.1. The Kier molecular flexibility index (Phi) is 4.39. The molecule has 0 bridgehead atoms. The van der Waals surface area contributed by atoms with Crippen LogP contribution in [-0.2, 0) is 0 Å². The third-order valence-electron chi connectivity index (χ3n) is 4.01. The van der Waals surface area contributed by atoms with Gasteiger partial charge in [-0.1, -0.05) is 26.0 Å². The number of benzene rings is 1. The third-order valence-corrected chi connectivity index (χ3v) is 4.01. The first kappa shape index (κ1) is 13.5. The Morgan fingerprint density at radius 3 is 2.44 bits per heavy atom. The van der Waals surface area contributed by atoms with Crippen molar-refractivity contribution in [2.45, 2.75) is 52.1 Å². The molecular formula is C16H24FN. The van der Waals surface area contributed by atoms with E-state index in [1.54, 1.807) is 12.1 Å². The molecule has 1 nitrogen and oxygen atoms in total. The molecule has 2 unspecified atom stereocenters. The largest absolute Gasteiger partial charge is 0.307 e. The molecule has 0 aliphatic heterocycles. The van der Waals surface area contributed by atoms with Gasteiger partial charge >= 0.3 is 0 Å². The smallest absolute Gasteiger partial charge is 0.123 e. The van der Waals surface area contributed by atoms with Gasteiger partial charge in [0.05, 0.1) is 0 Å². The minimum absolute atomic E-state index is 0.147. The summed E-state index contributed by atoms with van der Waals surface area (Å²) in [4.78, 5) is 0. The lowest BCUT2D eigenvalue weighted by molar-refractivity contribution is 0.228. The second-order valence-corrected chi connectivity index (χ2v) is 6.06. The summed E-state index contributed by atoms with van der Waals surface area (Å²) in [5, 5.41) is 3.66. The monoisotopic (exact) mass is 249 g/mol. The number of rotatable bonds is 3. The number of hydrogen-bond donors (Lipinski definition) is 1. The Balaban J connectivity index is 1.96. The minimum atomic E-state index is -0.147. The summed E-state index contributed by atoms with van der Waals surface area (Å²) in [5.41, 5.74) is 1.04. The highest BCUT2D eigenvalue weighted by atomic mass is 19.1. The van der Waals surface area contributed by atoms with Crippen molar-refractivity contribution < 1.29 is 4.39 Å². The second kappa shape index (κ2) is 5.83. The van der Waals surface area contributed by atoms with E-state index in [4.69, 9.17) is 0 Å². The van der Waals surface area contributed by atoms with Crippen LogP contribution in [0.5, 0.6) is 0 Å². The van der Waals surface area contributed by atoms with E-state index in [2.05, 4.69) is 26.1 Å². The average Bonchev–Trinajstić information content (AvgIpc) is 2.27. The van der Waals surface area contributed by atoms with Crippen molar-refractivity contribution in [3.05, 3.63) is 35.6 Å². The van der Waals surface area contributed by atoms with E-state index >= 15 is 0 Å². The van der Waals surface area contributed by atoms with E-state index < -0.39 is 0 Å². The van der Waals surface area contributed by atoms with E-state index in [-0.39, 0.29) is 11.9 Å². The summed E-state index contributed by atoms with van der Waals surface area (Å²) in [6.45, 7) is 6.78. The van der Waals surface area contributed by atoms with Crippen LogP contribution in [0.4, 0.5) is 4.39 Å². The van der Waals surface area contributed by atoms with Crippen LogP contribution in [0.1, 0.15) is 51.6 Å². The van der Waals surface area contributed by atoms with Crippen LogP contribution < -0.4 is 5.32 Å². The van der Waals surface area contributed by atoms with Crippen molar-refractivity contribution in [2.75, 3.05) is 0 Å². The van der Waals surface area contributed by atoms with E-state index in [0.717, 1.165) is 17.4 Å². The molecule has 2 rings (SSSR count). The SMILES string of the molecule is CC1CC(C)CC(N[C@H](C)c2cccc(F)c2)C1. The lowest BCUT2D eigenvalue weighted by Gasteiger charge is -2.34. The fourth-order valence-corrected chi connectivity index (χ4v) is 3.31. The summed E-state index contributed by atoms with van der Waals surface area (Å²) in [6.07, 6.45) is 3.82. The molecule has 0 aromatic heterocycles. The van der Waals surface area contributed by atoms with Crippen LogP contribution in [0, 0.1) is 17.7 Å². The number of hydrogen-bond acceptors (Lipinski definition) is 1. The zero-order valence-corrected chi connectivity index (χ0v) is 11.6. The van der Waals surface area contributed by atoms with Crippen molar-refractivity contribution in [1.29, 1.82) is 0 Å². The molecule has 0 heterocycles. The quantitative estimate of drug-likeness (QED) is 0.842. The van der Waals surface area contributed by atoms with Gasteiger partial charge in [0.1, 0.15) is 5.82 Å². The van der Waals surface area contributed by atoms with Crippen LogP contribution in [0.3, 0.4) is 0 Å². The van der Waals surface area contributed by atoms with Crippen molar-refractivity contribution in [3.8, 4) is 0 Å². The van der Waals surface area contributed by atoms with E-state index in [1.165, 1.54) is 25.3 Å². The van der Waals surface area contributed by atoms with E-state index in [0.29, 0.717) is 6.04 Å². The molecular weight excluding hydrogens is 225 g/mol. The maximum absolute atomic E-state index is 13.2. The highest BCUT2D eigenvalue weighted by molar-refractivity contribution is 5.19. The van der Waals surface area contributed by atoms with Crippen LogP contribution in [0.2, 0.25) is 0 Å². The van der Waals surface area contributed by atoms with Crippen LogP contribution in [0.15, 0.2) is 24.3 Å². The summed E-state index contributed by atoms with van der Waals surface area (Å²) >= 11 is 0. The molecule has 0 saturated heterocycles. The van der Waals surface area contributed by atoms with Crippen molar-refractivity contribution >= 4 is 0 Å². The zero-order valence-electron chi connectivity index (χ0n) is 11.6. The molecule has 1 saturated carbocycles. The van der Waals surface area contributed by atoms with Gasteiger partial charge in [-0.25, -0.2) is 4.39 Å². The fraction of sp³-hybridized carbons (Fsp3) is 0.625. The van der Waals surface area contributed by atoms with Gasteiger partial charge in [-0.15, -0.1) is 0 Å². The molecule has 18 heavy (non-hydrogen) atoms. The topological polar surface area (TPSA) is 12.0 Å². The Hall–Kier alpha value is -0.890. The van der Waals surface area contributed by atoms with Gasteiger partial charge in [0.15, 0.2) is 0 Å². The molecule has 0 spiro atoms. The third kappa shape index (κ3) is 3.55. The van der Waals surface area contributed by atoms with Crippen molar-refractivity contribution in [3.63, 3.8) is 0 Å². The van der Waals surface area contributed by atoms with Crippen LogP contribution in [-0.4, -0.2) is 6.04 Å². The maximum Gasteiger partial charge on any atom is 0.123 e. The first-order valence-corrected chi connectivity index (χ1v) is 7.06. The maximum atomic E-state index is 13.2. The Morgan fingerprint density at radius 2 is 1.83 bits per heavy atom. The molecule has 0 radical (unpaired) electrons. The van der Waals surface area contributed by atoms with Gasteiger partial charge in [-0.05, 0) is 55.7 Å². The van der Waals surface area contributed by atoms with Crippen LogP contribution >= 0.6 is 0 Å². The Bertz CT molecular complexity index is 380. The second-order valence-electron chi connectivity index (χ2n) is 6.06. The van der Waals surface area contributed by atoms with Crippen LogP contribution in [0.25, 0.3) is 0 Å². The lowest BCUT2D eigenvalue weighted by Crippen LogP contribution is -2.37. The van der Waals surface area contributed by atoms with Gasteiger partial charge in [0, 0.05) is 12.1 Å². The molecule has 0 amide bonds. The zero-order chi connectivity index (χ0) is 13.1. The van der Waals surface area contributed by atoms with Gasteiger partial charge in [0.25, 0.3) is 0 Å². The first-order chi connectivity index (χ1) is 8.54. The fourth-order valence-electron chi connectivity index (χ4n) is 3.31. The van der Waals surface area contributed by atoms with Gasteiger partial charge < -0.3 is 5.32 Å². The van der Waals surface area contributed by atoms with Gasteiger partial charge in [-0.3, -0.25) is 0 Å². The number of halogens is 1. The summed E-state index contributed by atoms with van der Waals surface area (Å²) < 4.78 is 13.2. The highest BCUT2D eigenvalue weighted by Crippen LogP contribution is 2.30. The molecule has 100 valence electrons. The molecule has 3 atom stereocenters. The molecule has 1 aliphatic carbocycles. The number of nitrogens with one attached hydrogen (secondary N) is 1. The predicted octanol–water partition coefficient (Wildman–Crippen LogP) is 4.30. The highest BCUT2D eigenvalue weighted by Gasteiger charge is 2.24. The Morgan fingerprint density at radius 1 is 1.17 bits per heavy atom. The van der Waals surface area contributed by atoms with Gasteiger partial charge in [-0.2, -0.15) is 0 Å². The predicted molar refractivity (Wildman–Crippen MR) is 73.9 cm³/mol. The Labute approximate surface area is 110 Å². The van der Waals surface area contributed by atoms with Gasteiger partial charge in [0.2, 0.25) is 0 Å².